The lowest BCUT2D eigenvalue weighted by atomic mass is 9.97. The molecule has 6 nitrogen and oxygen atoms in total. The largest absolute Gasteiger partial charge is 0.463 e. The van der Waals surface area contributed by atoms with E-state index in [0.717, 1.165) is 17.5 Å². The summed E-state index contributed by atoms with van der Waals surface area (Å²) in [6, 6.07) is 30.1. The zero-order valence-electron chi connectivity index (χ0n) is 22.2. The summed E-state index contributed by atoms with van der Waals surface area (Å²) < 4.78 is 11.0. The monoisotopic (exact) mass is 512 g/mol. The van der Waals surface area contributed by atoms with Gasteiger partial charge in [-0.3, -0.25) is 5.01 Å². The summed E-state index contributed by atoms with van der Waals surface area (Å²) in [6.45, 7) is 5.16. The maximum Gasteiger partial charge on any atom is 0.356 e. The van der Waals surface area contributed by atoms with E-state index >= 15 is 0 Å². The highest BCUT2D eigenvalue weighted by molar-refractivity contribution is 6.01. The summed E-state index contributed by atoms with van der Waals surface area (Å²) in [5.74, 6) is -0.965. The van der Waals surface area contributed by atoms with E-state index < -0.39 is 11.9 Å². The lowest BCUT2D eigenvalue weighted by molar-refractivity contribution is -0.143. The van der Waals surface area contributed by atoms with Gasteiger partial charge < -0.3 is 9.47 Å². The zero-order valence-corrected chi connectivity index (χ0v) is 22.2. The van der Waals surface area contributed by atoms with E-state index in [9.17, 15) is 9.59 Å². The van der Waals surface area contributed by atoms with Gasteiger partial charge in [-0.25, -0.2) is 14.6 Å². The van der Waals surface area contributed by atoms with Crippen LogP contribution in [0.1, 0.15) is 30.5 Å². The van der Waals surface area contributed by atoms with Crippen molar-refractivity contribution in [3.05, 3.63) is 119 Å². The molecule has 1 atom stereocenters. The first-order valence-electron chi connectivity index (χ1n) is 13.4. The second kappa shape index (κ2) is 13.6. The van der Waals surface area contributed by atoms with Crippen LogP contribution in [0.4, 0.5) is 0 Å². The predicted molar refractivity (Wildman–Crippen MR) is 148 cm³/mol. The molecule has 0 saturated carbocycles. The summed E-state index contributed by atoms with van der Waals surface area (Å²) >= 11 is 0. The molecular formula is C32H36N2O4. The van der Waals surface area contributed by atoms with E-state index in [-0.39, 0.29) is 25.0 Å². The fraction of sp³-hybridized carbons (Fsp3) is 0.312. The number of hydrogen-bond donors (Lipinski definition) is 0. The molecule has 38 heavy (non-hydrogen) atoms. The zero-order chi connectivity index (χ0) is 26.7. The minimum atomic E-state index is -0.496. The Morgan fingerprint density at radius 2 is 1.13 bits per heavy atom. The van der Waals surface area contributed by atoms with Gasteiger partial charge in [0.05, 0.1) is 24.8 Å². The van der Waals surface area contributed by atoms with Crippen molar-refractivity contribution in [1.29, 1.82) is 0 Å². The molecule has 0 radical (unpaired) electrons. The van der Waals surface area contributed by atoms with Gasteiger partial charge in [-0.15, -0.1) is 0 Å². The van der Waals surface area contributed by atoms with E-state index in [2.05, 4.69) is 41.4 Å². The summed E-state index contributed by atoms with van der Waals surface area (Å²) in [6.07, 6.45) is 2.04. The number of ether oxygens (including phenoxy) is 2. The van der Waals surface area contributed by atoms with Gasteiger partial charge >= 0.3 is 11.9 Å². The maximum absolute atomic E-state index is 13.5. The third-order valence-corrected chi connectivity index (χ3v) is 6.68. The van der Waals surface area contributed by atoms with Crippen molar-refractivity contribution in [3.63, 3.8) is 0 Å². The Kier molecular flexibility index (Phi) is 9.71. The lowest BCUT2D eigenvalue weighted by Gasteiger charge is -2.35. The second-order valence-corrected chi connectivity index (χ2v) is 9.17. The molecule has 1 aliphatic heterocycles. The maximum atomic E-state index is 13.5. The van der Waals surface area contributed by atoms with Crippen molar-refractivity contribution in [1.82, 2.24) is 10.0 Å². The Bertz CT molecular complexity index is 1210. The fourth-order valence-corrected chi connectivity index (χ4v) is 4.93. The van der Waals surface area contributed by atoms with E-state index in [1.54, 1.807) is 13.8 Å². The summed E-state index contributed by atoms with van der Waals surface area (Å²) in [5, 5.41) is 4.13. The van der Waals surface area contributed by atoms with Crippen molar-refractivity contribution in [3.8, 4) is 0 Å². The molecule has 0 bridgehead atoms. The molecule has 3 aromatic carbocycles. The van der Waals surface area contributed by atoms with Crippen LogP contribution in [0.3, 0.4) is 0 Å². The molecular weight excluding hydrogens is 476 g/mol. The topological polar surface area (TPSA) is 59.1 Å². The molecule has 0 spiro atoms. The Morgan fingerprint density at radius 1 is 0.658 bits per heavy atom. The first-order valence-corrected chi connectivity index (χ1v) is 13.4. The van der Waals surface area contributed by atoms with Crippen LogP contribution < -0.4 is 0 Å². The highest BCUT2D eigenvalue weighted by Gasteiger charge is 2.45. The average Bonchev–Trinajstić information content (AvgIpc) is 3.25. The van der Waals surface area contributed by atoms with Gasteiger partial charge in [0, 0.05) is 13.1 Å². The third-order valence-electron chi connectivity index (χ3n) is 6.68. The number of benzene rings is 3. The first-order chi connectivity index (χ1) is 18.6. The van der Waals surface area contributed by atoms with Gasteiger partial charge in [-0.2, -0.15) is 0 Å². The van der Waals surface area contributed by atoms with Crippen LogP contribution >= 0.6 is 0 Å². The third kappa shape index (κ3) is 6.69. The molecule has 0 N–H and O–H groups in total. The first kappa shape index (κ1) is 27.1. The van der Waals surface area contributed by atoms with E-state index in [1.807, 2.05) is 59.6 Å². The SMILES string of the molecule is CCOC(=O)C1=C(C(=O)OCC)N(CCc2ccccc2)N(CCc2ccccc2)C1Cc1ccccc1. The summed E-state index contributed by atoms with van der Waals surface area (Å²) in [7, 11) is 0. The molecule has 1 aliphatic rings. The number of hydrogen-bond acceptors (Lipinski definition) is 6. The Labute approximate surface area is 225 Å². The van der Waals surface area contributed by atoms with Crippen molar-refractivity contribution in [2.24, 2.45) is 0 Å². The van der Waals surface area contributed by atoms with Crippen LogP contribution in [0.2, 0.25) is 0 Å². The van der Waals surface area contributed by atoms with Crippen LogP contribution in [-0.4, -0.2) is 54.3 Å². The second-order valence-electron chi connectivity index (χ2n) is 9.17. The van der Waals surface area contributed by atoms with E-state index in [4.69, 9.17) is 9.47 Å². The minimum Gasteiger partial charge on any atom is -0.463 e. The van der Waals surface area contributed by atoms with Gasteiger partial charge in [0.1, 0.15) is 0 Å². The molecule has 0 saturated heterocycles. The molecule has 3 aromatic rings. The standard InChI is InChI=1S/C32H36N2O4/c1-3-37-31(35)29-28(24-27-18-12-7-13-19-27)33(22-20-25-14-8-5-9-15-25)34(30(29)32(36)38-4-2)23-21-26-16-10-6-11-17-26/h5-19,28H,3-4,20-24H2,1-2H3. The molecule has 1 heterocycles. The summed E-state index contributed by atoms with van der Waals surface area (Å²) in [5.41, 5.74) is 4.08. The van der Waals surface area contributed by atoms with Gasteiger partial charge in [0.2, 0.25) is 0 Å². The van der Waals surface area contributed by atoms with Crippen LogP contribution in [0.15, 0.2) is 102 Å². The van der Waals surface area contributed by atoms with Gasteiger partial charge in [0.25, 0.3) is 0 Å². The number of nitrogens with zero attached hydrogens (tertiary/aromatic N) is 2. The number of rotatable bonds is 12. The molecule has 4 rings (SSSR count). The highest BCUT2D eigenvalue weighted by Crippen LogP contribution is 2.34. The molecule has 1 unspecified atom stereocenters. The molecule has 6 heteroatoms. The van der Waals surface area contributed by atoms with Crippen LogP contribution in [0, 0.1) is 0 Å². The molecule has 0 amide bonds. The van der Waals surface area contributed by atoms with Crippen LogP contribution in [-0.2, 0) is 38.3 Å². The Morgan fingerprint density at radius 3 is 1.66 bits per heavy atom. The van der Waals surface area contributed by atoms with Crippen LogP contribution in [0.5, 0.6) is 0 Å². The fourth-order valence-electron chi connectivity index (χ4n) is 4.93. The van der Waals surface area contributed by atoms with Gasteiger partial charge in [-0.1, -0.05) is 91.0 Å². The lowest BCUT2D eigenvalue weighted by Crippen LogP contribution is -2.47. The van der Waals surface area contributed by atoms with Crippen molar-refractivity contribution in [2.45, 2.75) is 39.2 Å². The number of carbonyl (C=O) groups excluding carboxylic acids is 2. The van der Waals surface area contributed by atoms with Crippen LogP contribution in [0.25, 0.3) is 0 Å². The van der Waals surface area contributed by atoms with Gasteiger partial charge in [-0.05, 0) is 49.8 Å². The molecule has 198 valence electrons. The summed E-state index contributed by atoms with van der Waals surface area (Å²) in [4.78, 5) is 26.9. The highest BCUT2D eigenvalue weighted by atomic mass is 16.5. The average molecular weight is 513 g/mol. The normalized spacial score (nSPS) is 15.5. The van der Waals surface area contributed by atoms with Crippen molar-refractivity contribution >= 4 is 11.9 Å². The minimum absolute atomic E-state index is 0.221. The number of esters is 2. The number of hydrazine groups is 1. The Hall–Kier alpha value is -3.90. The predicted octanol–water partition coefficient (Wildman–Crippen LogP) is 5.00. The van der Waals surface area contributed by atoms with Crippen molar-refractivity contribution in [2.75, 3.05) is 26.3 Å². The smallest absolute Gasteiger partial charge is 0.356 e. The van der Waals surface area contributed by atoms with E-state index in [0.29, 0.717) is 31.5 Å². The Balaban J connectivity index is 1.76. The quantitative estimate of drug-likeness (QED) is 0.319. The molecule has 0 aliphatic carbocycles. The molecule has 0 aromatic heterocycles. The van der Waals surface area contributed by atoms with Crippen molar-refractivity contribution < 1.29 is 19.1 Å². The number of carbonyl (C=O) groups is 2. The van der Waals surface area contributed by atoms with Gasteiger partial charge in [0.15, 0.2) is 5.70 Å². The van der Waals surface area contributed by atoms with E-state index in [1.165, 1.54) is 5.56 Å². The molecule has 0 fully saturated rings.